The van der Waals surface area contributed by atoms with Crippen molar-refractivity contribution in [3.05, 3.63) is 64.7 Å². The summed E-state index contributed by atoms with van der Waals surface area (Å²) in [5.41, 5.74) is 2.57. The van der Waals surface area contributed by atoms with Crippen LogP contribution in [0.3, 0.4) is 0 Å². The van der Waals surface area contributed by atoms with Gasteiger partial charge in [-0.15, -0.1) is 0 Å². The van der Waals surface area contributed by atoms with Gasteiger partial charge in [-0.05, 0) is 55.1 Å². The van der Waals surface area contributed by atoms with Crippen molar-refractivity contribution in [3.63, 3.8) is 0 Å². The summed E-state index contributed by atoms with van der Waals surface area (Å²) in [5.74, 6) is 1.62. The first-order valence-corrected chi connectivity index (χ1v) is 8.24. The van der Waals surface area contributed by atoms with Crippen molar-refractivity contribution in [2.45, 2.75) is 25.3 Å². The summed E-state index contributed by atoms with van der Waals surface area (Å²) in [6.07, 6.45) is 2.34. The Morgan fingerprint density at radius 2 is 1.73 bits per heavy atom. The number of likely N-dealkylation sites (tertiary alicyclic amines) is 1. The summed E-state index contributed by atoms with van der Waals surface area (Å²) in [6.45, 7) is 3.15. The third-order valence-electron chi connectivity index (χ3n) is 4.52. The second-order valence-corrected chi connectivity index (χ2v) is 6.29. The van der Waals surface area contributed by atoms with Gasteiger partial charge in [-0.1, -0.05) is 48.0 Å². The Morgan fingerprint density at radius 1 is 1.05 bits per heavy atom. The molecule has 1 aliphatic rings. The molecule has 0 radical (unpaired) electrons. The van der Waals surface area contributed by atoms with Crippen LogP contribution in [0.15, 0.2) is 48.5 Å². The predicted octanol–water partition coefficient (Wildman–Crippen LogP) is 4.73. The number of hydrogen-bond acceptors (Lipinski definition) is 2. The fourth-order valence-corrected chi connectivity index (χ4v) is 3.47. The van der Waals surface area contributed by atoms with E-state index in [4.69, 9.17) is 16.3 Å². The number of rotatable bonds is 4. The highest BCUT2D eigenvalue weighted by Gasteiger charge is 2.23. The van der Waals surface area contributed by atoms with Crippen LogP contribution in [0.5, 0.6) is 5.75 Å². The van der Waals surface area contributed by atoms with Crippen LogP contribution in [-0.2, 0) is 6.54 Å². The minimum Gasteiger partial charge on any atom is -0.496 e. The van der Waals surface area contributed by atoms with E-state index in [1.807, 2.05) is 18.2 Å². The third-order valence-corrected chi connectivity index (χ3v) is 4.89. The van der Waals surface area contributed by atoms with Crippen LogP contribution < -0.4 is 4.74 Å². The molecule has 0 aliphatic carbocycles. The van der Waals surface area contributed by atoms with Gasteiger partial charge in [0.05, 0.1) is 7.11 Å². The quantitative estimate of drug-likeness (QED) is 0.809. The molecule has 3 rings (SSSR count). The lowest BCUT2D eigenvalue weighted by atomic mass is 9.88. The molecule has 0 aromatic heterocycles. The zero-order valence-corrected chi connectivity index (χ0v) is 13.7. The summed E-state index contributed by atoms with van der Waals surface area (Å²) in [5, 5.41) is 0.870. The second kappa shape index (κ2) is 7.17. The Kier molecular flexibility index (Phi) is 5.01. The molecule has 22 heavy (non-hydrogen) atoms. The van der Waals surface area contributed by atoms with E-state index in [1.54, 1.807) is 7.11 Å². The molecule has 0 amide bonds. The molecule has 1 fully saturated rings. The molecule has 0 saturated carbocycles. The first-order valence-electron chi connectivity index (χ1n) is 7.86. The summed E-state index contributed by atoms with van der Waals surface area (Å²) < 4.78 is 5.51. The van der Waals surface area contributed by atoms with Crippen molar-refractivity contribution in [1.29, 1.82) is 0 Å². The van der Waals surface area contributed by atoms with Gasteiger partial charge in [0.15, 0.2) is 0 Å². The van der Waals surface area contributed by atoms with Crippen molar-refractivity contribution >= 4 is 11.6 Å². The van der Waals surface area contributed by atoms with E-state index in [1.165, 1.54) is 24.0 Å². The van der Waals surface area contributed by atoms with Crippen molar-refractivity contribution in [1.82, 2.24) is 4.90 Å². The van der Waals surface area contributed by atoms with Crippen LogP contribution >= 0.6 is 11.6 Å². The average Bonchev–Trinajstić information content (AvgIpc) is 2.58. The molecule has 0 N–H and O–H groups in total. The van der Waals surface area contributed by atoms with Crippen LogP contribution in [0, 0.1) is 0 Å². The number of benzene rings is 2. The molecule has 2 aromatic carbocycles. The number of halogens is 1. The van der Waals surface area contributed by atoms with Gasteiger partial charge in [0.25, 0.3) is 0 Å². The van der Waals surface area contributed by atoms with E-state index >= 15 is 0 Å². The molecule has 1 aliphatic heterocycles. The summed E-state index contributed by atoms with van der Waals surface area (Å²) >= 11 is 6.26. The molecule has 2 nitrogen and oxygen atoms in total. The van der Waals surface area contributed by atoms with Crippen LogP contribution in [0.25, 0.3) is 0 Å². The molecule has 0 bridgehead atoms. The van der Waals surface area contributed by atoms with Gasteiger partial charge >= 0.3 is 0 Å². The highest BCUT2D eigenvalue weighted by atomic mass is 35.5. The lowest BCUT2D eigenvalue weighted by molar-refractivity contribution is 0.203. The van der Waals surface area contributed by atoms with Crippen molar-refractivity contribution in [2.75, 3.05) is 20.2 Å². The van der Waals surface area contributed by atoms with Gasteiger partial charge in [0.2, 0.25) is 0 Å². The lowest BCUT2D eigenvalue weighted by Crippen LogP contribution is -2.32. The van der Waals surface area contributed by atoms with Crippen LogP contribution in [0.4, 0.5) is 0 Å². The summed E-state index contributed by atoms with van der Waals surface area (Å²) in [7, 11) is 1.76. The zero-order valence-electron chi connectivity index (χ0n) is 13.0. The van der Waals surface area contributed by atoms with Gasteiger partial charge in [0.1, 0.15) is 5.75 Å². The summed E-state index contributed by atoms with van der Waals surface area (Å²) in [4.78, 5) is 2.49. The third kappa shape index (κ3) is 3.45. The Balaban J connectivity index is 1.62. The molecule has 3 heteroatoms. The fourth-order valence-electron chi connectivity index (χ4n) is 3.27. The fraction of sp³-hybridized carbons (Fsp3) is 0.368. The van der Waals surface area contributed by atoms with Gasteiger partial charge < -0.3 is 4.74 Å². The van der Waals surface area contributed by atoms with E-state index in [0.717, 1.165) is 30.4 Å². The maximum Gasteiger partial charge on any atom is 0.122 e. The minimum absolute atomic E-state index is 0.596. The average molecular weight is 316 g/mol. The largest absolute Gasteiger partial charge is 0.496 e. The maximum atomic E-state index is 6.26. The van der Waals surface area contributed by atoms with Gasteiger partial charge in [0, 0.05) is 11.6 Å². The molecule has 2 aromatic rings. The SMILES string of the molecule is COc1ccccc1C1CCN(Cc2ccccc2Cl)CC1. The monoisotopic (exact) mass is 315 g/mol. The van der Waals surface area contributed by atoms with Crippen LogP contribution in [-0.4, -0.2) is 25.1 Å². The maximum absolute atomic E-state index is 6.26. The van der Waals surface area contributed by atoms with E-state index in [9.17, 15) is 0 Å². The topological polar surface area (TPSA) is 12.5 Å². The Bertz CT molecular complexity index is 620. The van der Waals surface area contributed by atoms with Crippen LogP contribution in [0.1, 0.15) is 29.9 Å². The van der Waals surface area contributed by atoms with E-state index in [0.29, 0.717) is 5.92 Å². The highest BCUT2D eigenvalue weighted by molar-refractivity contribution is 6.31. The number of hydrogen-bond donors (Lipinski definition) is 0. The van der Waals surface area contributed by atoms with Crippen molar-refractivity contribution in [3.8, 4) is 5.75 Å². The molecule has 1 heterocycles. The standard InChI is InChI=1S/C19H22ClNO/c1-22-19-9-5-3-7-17(19)15-10-12-21(13-11-15)14-16-6-2-4-8-18(16)20/h2-9,15H,10-14H2,1H3. The van der Waals surface area contributed by atoms with Gasteiger partial charge in [-0.25, -0.2) is 0 Å². The lowest BCUT2D eigenvalue weighted by Gasteiger charge is -2.32. The molecular weight excluding hydrogens is 294 g/mol. The Morgan fingerprint density at radius 3 is 2.45 bits per heavy atom. The number of methoxy groups -OCH3 is 1. The molecule has 1 saturated heterocycles. The van der Waals surface area contributed by atoms with E-state index in [-0.39, 0.29) is 0 Å². The minimum atomic E-state index is 0.596. The molecule has 0 atom stereocenters. The summed E-state index contributed by atoms with van der Waals surface area (Å²) in [6, 6.07) is 16.5. The van der Waals surface area contributed by atoms with Crippen molar-refractivity contribution in [2.24, 2.45) is 0 Å². The number of nitrogens with zero attached hydrogens (tertiary/aromatic N) is 1. The number of ether oxygens (including phenoxy) is 1. The molecule has 116 valence electrons. The highest BCUT2D eigenvalue weighted by Crippen LogP contribution is 2.34. The first kappa shape index (κ1) is 15.4. The predicted molar refractivity (Wildman–Crippen MR) is 91.7 cm³/mol. The normalized spacial score (nSPS) is 16.6. The Labute approximate surface area is 137 Å². The molecule has 0 unspecified atom stereocenters. The molecule has 0 spiro atoms. The van der Waals surface area contributed by atoms with E-state index in [2.05, 4.69) is 35.2 Å². The van der Waals surface area contributed by atoms with E-state index < -0.39 is 0 Å². The second-order valence-electron chi connectivity index (χ2n) is 5.88. The van der Waals surface area contributed by atoms with Gasteiger partial charge in [-0.3, -0.25) is 4.90 Å². The van der Waals surface area contributed by atoms with Crippen molar-refractivity contribution < 1.29 is 4.74 Å². The number of para-hydroxylation sites is 1. The number of piperidine rings is 1. The molecular formula is C19H22ClNO. The van der Waals surface area contributed by atoms with Crippen LogP contribution in [0.2, 0.25) is 5.02 Å². The Hall–Kier alpha value is -1.51. The van der Waals surface area contributed by atoms with Gasteiger partial charge in [-0.2, -0.15) is 0 Å². The smallest absolute Gasteiger partial charge is 0.122 e. The zero-order chi connectivity index (χ0) is 15.4. The first-order chi connectivity index (χ1) is 10.8.